The minimum Gasteiger partial charge on any atom is -0.384 e. The molecule has 106 valence electrons. The molecule has 4 nitrogen and oxygen atoms in total. The smallest absolute Gasteiger partial charge is 0.240 e. The molecule has 1 fully saturated rings. The quantitative estimate of drug-likeness (QED) is 0.808. The fraction of sp³-hybridized carbons (Fsp3) is 0.571. The molecule has 0 bridgehead atoms. The molecular weight excluding hydrogens is 260 g/mol. The molecule has 0 saturated heterocycles. The SMILES string of the molecule is CCCNS(=O)(=O)c1ccc(NCC2(C)CC2)cc1. The lowest BCUT2D eigenvalue weighted by atomic mass is 10.1. The molecule has 2 N–H and O–H groups in total. The van der Waals surface area contributed by atoms with Crippen LogP contribution in [0.2, 0.25) is 0 Å². The molecule has 1 aromatic rings. The number of rotatable bonds is 7. The second kappa shape index (κ2) is 5.51. The van der Waals surface area contributed by atoms with Crippen LogP contribution in [0.3, 0.4) is 0 Å². The van der Waals surface area contributed by atoms with Gasteiger partial charge in [-0.15, -0.1) is 0 Å². The van der Waals surface area contributed by atoms with Crippen molar-refractivity contribution >= 4 is 15.7 Å². The van der Waals surface area contributed by atoms with Gasteiger partial charge < -0.3 is 5.32 Å². The summed E-state index contributed by atoms with van der Waals surface area (Å²) < 4.78 is 26.4. The van der Waals surface area contributed by atoms with E-state index in [1.165, 1.54) is 12.8 Å². The molecule has 0 heterocycles. The Hall–Kier alpha value is -1.07. The molecule has 0 spiro atoms. The second-order valence-electron chi connectivity index (χ2n) is 5.59. The summed E-state index contributed by atoms with van der Waals surface area (Å²) in [6.07, 6.45) is 3.33. The molecule has 1 aliphatic rings. The number of nitrogens with one attached hydrogen (secondary N) is 2. The molecular formula is C14H22N2O2S. The zero-order chi connectivity index (χ0) is 13.9. The van der Waals surface area contributed by atoms with Gasteiger partial charge in [0.15, 0.2) is 0 Å². The zero-order valence-electron chi connectivity index (χ0n) is 11.6. The van der Waals surface area contributed by atoms with Crippen molar-refractivity contribution < 1.29 is 8.42 Å². The maximum absolute atomic E-state index is 11.9. The van der Waals surface area contributed by atoms with Crippen molar-refractivity contribution in [3.63, 3.8) is 0 Å². The number of benzene rings is 1. The fourth-order valence-electron chi connectivity index (χ4n) is 1.78. The molecule has 19 heavy (non-hydrogen) atoms. The summed E-state index contributed by atoms with van der Waals surface area (Å²) in [7, 11) is -3.35. The third-order valence-electron chi connectivity index (χ3n) is 3.53. The lowest BCUT2D eigenvalue weighted by Crippen LogP contribution is -2.24. The summed E-state index contributed by atoms with van der Waals surface area (Å²) in [5, 5.41) is 3.35. The van der Waals surface area contributed by atoms with Crippen LogP contribution < -0.4 is 10.0 Å². The molecule has 0 aromatic heterocycles. The predicted molar refractivity (Wildman–Crippen MR) is 77.8 cm³/mol. The third-order valence-corrected chi connectivity index (χ3v) is 5.01. The van der Waals surface area contributed by atoms with Crippen LogP contribution in [0.1, 0.15) is 33.1 Å². The Morgan fingerprint density at radius 3 is 2.37 bits per heavy atom. The minimum absolute atomic E-state index is 0.323. The van der Waals surface area contributed by atoms with Crippen LogP contribution in [0.15, 0.2) is 29.2 Å². The van der Waals surface area contributed by atoms with Crippen molar-refractivity contribution in [2.24, 2.45) is 5.41 Å². The highest BCUT2D eigenvalue weighted by atomic mass is 32.2. The first-order valence-electron chi connectivity index (χ1n) is 6.79. The van der Waals surface area contributed by atoms with E-state index in [2.05, 4.69) is 17.0 Å². The van der Waals surface area contributed by atoms with Gasteiger partial charge in [-0.2, -0.15) is 0 Å². The standard InChI is InChI=1S/C14H22N2O2S/c1-3-10-16-19(17,18)13-6-4-12(5-7-13)15-11-14(2)8-9-14/h4-7,15-16H,3,8-11H2,1-2H3. The zero-order valence-corrected chi connectivity index (χ0v) is 12.4. The first-order chi connectivity index (χ1) is 8.95. The number of sulfonamides is 1. The molecule has 0 aliphatic heterocycles. The Kier molecular flexibility index (Phi) is 4.16. The highest BCUT2D eigenvalue weighted by Crippen LogP contribution is 2.44. The first-order valence-corrected chi connectivity index (χ1v) is 8.27. The van der Waals surface area contributed by atoms with E-state index >= 15 is 0 Å². The summed E-state index contributed by atoms with van der Waals surface area (Å²) in [6, 6.07) is 6.95. The topological polar surface area (TPSA) is 58.2 Å². The summed E-state index contributed by atoms with van der Waals surface area (Å²) in [5.74, 6) is 0. The van der Waals surface area contributed by atoms with Crippen molar-refractivity contribution in [1.29, 1.82) is 0 Å². The Bertz CT molecular complexity index is 519. The maximum Gasteiger partial charge on any atom is 0.240 e. The Morgan fingerprint density at radius 1 is 1.21 bits per heavy atom. The lowest BCUT2D eigenvalue weighted by Gasteiger charge is -2.12. The second-order valence-corrected chi connectivity index (χ2v) is 7.35. The van der Waals surface area contributed by atoms with Crippen LogP contribution in [0.4, 0.5) is 5.69 Å². The van der Waals surface area contributed by atoms with Gasteiger partial charge in [-0.05, 0) is 48.9 Å². The summed E-state index contributed by atoms with van der Waals surface area (Å²) in [5.41, 5.74) is 1.41. The minimum atomic E-state index is -3.35. The van der Waals surface area contributed by atoms with Crippen LogP contribution in [0.25, 0.3) is 0 Å². The Morgan fingerprint density at radius 2 is 1.84 bits per heavy atom. The summed E-state index contributed by atoms with van der Waals surface area (Å²) in [6.45, 7) is 5.62. The molecule has 1 aliphatic carbocycles. The van der Waals surface area contributed by atoms with Crippen LogP contribution in [-0.4, -0.2) is 21.5 Å². The van der Waals surface area contributed by atoms with E-state index < -0.39 is 10.0 Å². The Balaban J connectivity index is 1.97. The summed E-state index contributed by atoms with van der Waals surface area (Å²) in [4.78, 5) is 0.323. The van der Waals surface area contributed by atoms with Crippen LogP contribution in [-0.2, 0) is 10.0 Å². The number of hydrogen-bond acceptors (Lipinski definition) is 3. The normalized spacial score (nSPS) is 17.2. The van der Waals surface area contributed by atoms with Crippen molar-refractivity contribution in [3.05, 3.63) is 24.3 Å². The third kappa shape index (κ3) is 3.94. The van der Waals surface area contributed by atoms with Crippen LogP contribution in [0, 0.1) is 5.41 Å². The highest BCUT2D eigenvalue weighted by Gasteiger charge is 2.36. The van der Waals surface area contributed by atoms with E-state index in [0.29, 0.717) is 16.9 Å². The van der Waals surface area contributed by atoms with Gasteiger partial charge in [0.2, 0.25) is 10.0 Å². The summed E-state index contributed by atoms with van der Waals surface area (Å²) >= 11 is 0. The van der Waals surface area contributed by atoms with Crippen molar-refractivity contribution in [3.8, 4) is 0 Å². The van der Waals surface area contributed by atoms with E-state index in [9.17, 15) is 8.42 Å². The van der Waals surface area contributed by atoms with Crippen LogP contribution >= 0.6 is 0 Å². The van der Waals surface area contributed by atoms with Gasteiger partial charge in [0.25, 0.3) is 0 Å². The van der Waals surface area contributed by atoms with Crippen molar-refractivity contribution in [2.75, 3.05) is 18.4 Å². The van der Waals surface area contributed by atoms with E-state index in [4.69, 9.17) is 0 Å². The highest BCUT2D eigenvalue weighted by molar-refractivity contribution is 7.89. The maximum atomic E-state index is 11.9. The molecule has 2 rings (SSSR count). The fourth-order valence-corrected chi connectivity index (χ4v) is 2.91. The predicted octanol–water partition coefficient (Wildman–Crippen LogP) is 2.59. The average Bonchev–Trinajstić information content (AvgIpc) is 3.13. The molecule has 1 saturated carbocycles. The lowest BCUT2D eigenvalue weighted by molar-refractivity contribution is 0.580. The van der Waals surface area contributed by atoms with E-state index in [1.54, 1.807) is 12.1 Å². The number of hydrogen-bond donors (Lipinski definition) is 2. The molecule has 0 amide bonds. The molecule has 5 heteroatoms. The van der Waals surface area contributed by atoms with Gasteiger partial charge >= 0.3 is 0 Å². The van der Waals surface area contributed by atoms with Crippen molar-refractivity contribution in [2.45, 2.75) is 38.0 Å². The molecule has 0 unspecified atom stereocenters. The van der Waals surface area contributed by atoms with Gasteiger partial charge in [0.05, 0.1) is 4.90 Å². The van der Waals surface area contributed by atoms with Crippen molar-refractivity contribution in [1.82, 2.24) is 4.72 Å². The molecule has 0 radical (unpaired) electrons. The van der Waals surface area contributed by atoms with Gasteiger partial charge in [-0.3, -0.25) is 0 Å². The molecule has 0 atom stereocenters. The van der Waals surface area contributed by atoms with Crippen LogP contribution in [0.5, 0.6) is 0 Å². The first kappa shape index (κ1) is 14.3. The van der Waals surface area contributed by atoms with E-state index in [0.717, 1.165) is 18.7 Å². The van der Waals surface area contributed by atoms with Gasteiger partial charge in [-0.1, -0.05) is 13.8 Å². The average molecular weight is 282 g/mol. The van der Waals surface area contributed by atoms with Gasteiger partial charge in [0.1, 0.15) is 0 Å². The molecule has 1 aromatic carbocycles. The Labute approximate surface area is 115 Å². The van der Waals surface area contributed by atoms with E-state index in [1.807, 2.05) is 19.1 Å². The number of anilines is 1. The largest absolute Gasteiger partial charge is 0.384 e. The monoisotopic (exact) mass is 282 g/mol. The van der Waals surface area contributed by atoms with Gasteiger partial charge in [-0.25, -0.2) is 13.1 Å². The van der Waals surface area contributed by atoms with E-state index in [-0.39, 0.29) is 0 Å². The van der Waals surface area contributed by atoms with Gasteiger partial charge in [0, 0.05) is 18.8 Å².